The number of carbonyl (C=O) groups is 1. The van der Waals surface area contributed by atoms with E-state index in [-0.39, 0.29) is 22.9 Å². The number of aryl methyl sites for hydroxylation is 2. The zero-order valence-electron chi connectivity index (χ0n) is 20.1. The van der Waals surface area contributed by atoms with Gasteiger partial charge in [-0.1, -0.05) is 40.5 Å². The third kappa shape index (κ3) is 7.83. The summed E-state index contributed by atoms with van der Waals surface area (Å²) in [5, 5.41) is 22.7. The first-order valence-electron chi connectivity index (χ1n) is 11.6. The fourth-order valence-corrected chi connectivity index (χ4v) is 3.43. The lowest BCUT2D eigenvalue weighted by Gasteiger charge is -2.11. The maximum absolute atomic E-state index is 12.4. The van der Waals surface area contributed by atoms with Crippen LogP contribution in [0.2, 0.25) is 0 Å². The molecule has 0 radical (unpaired) electrons. The summed E-state index contributed by atoms with van der Waals surface area (Å²) in [6, 6.07) is 8.28. The number of benzene rings is 2. The second kappa shape index (κ2) is 12.7. The molecule has 0 aliphatic heterocycles. The molecule has 2 atom stereocenters. The number of nitrogens with zero attached hydrogens (tertiary/aromatic N) is 2. The Kier molecular flexibility index (Phi) is 9.97. The van der Waals surface area contributed by atoms with Gasteiger partial charge >= 0.3 is 6.16 Å². The molecule has 0 N–H and O–H groups in total. The number of carbonyl (C=O) groups excluding carboxylic acids is 1. The zero-order valence-corrected chi connectivity index (χ0v) is 20.1. The number of hydrogen-bond donors (Lipinski definition) is 0. The van der Waals surface area contributed by atoms with Crippen LogP contribution < -0.4 is 9.47 Å². The molecule has 34 heavy (non-hydrogen) atoms. The minimum Gasteiger partial charge on any atom is -0.395 e. The predicted molar refractivity (Wildman–Crippen MR) is 128 cm³/mol. The second-order valence-corrected chi connectivity index (χ2v) is 8.65. The van der Waals surface area contributed by atoms with Crippen LogP contribution in [0.5, 0.6) is 11.5 Å². The Bertz CT molecular complexity index is 943. The van der Waals surface area contributed by atoms with E-state index in [9.17, 15) is 25.0 Å². The van der Waals surface area contributed by atoms with Crippen LogP contribution in [0.1, 0.15) is 64.5 Å². The molecule has 0 spiro atoms. The Morgan fingerprint density at radius 1 is 0.794 bits per heavy atom. The fourth-order valence-electron chi connectivity index (χ4n) is 3.43. The molecule has 0 amide bonds. The highest BCUT2D eigenvalue weighted by atomic mass is 16.7. The quantitative estimate of drug-likeness (QED) is 0.140. The highest BCUT2D eigenvalue weighted by Gasteiger charge is 2.19. The third-order valence-electron chi connectivity index (χ3n) is 6.10. The first kappa shape index (κ1) is 26.8. The van der Waals surface area contributed by atoms with Crippen molar-refractivity contribution in [1.29, 1.82) is 0 Å². The van der Waals surface area contributed by atoms with E-state index in [2.05, 4.69) is 27.7 Å². The van der Waals surface area contributed by atoms with Crippen molar-refractivity contribution in [3.63, 3.8) is 0 Å². The molecule has 0 aromatic heterocycles. The molecule has 2 aromatic carbocycles. The van der Waals surface area contributed by atoms with Gasteiger partial charge in [-0.25, -0.2) is 4.79 Å². The Hall–Kier alpha value is -3.49. The van der Waals surface area contributed by atoms with E-state index in [0.717, 1.165) is 25.7 Å². The molecular weight excluding hydrogens is 440 g/mol. The minimum atomic E-state index is -1.02. The summed E-state index contributed by atoms with van der Waals surface area (Å²) in [6.45, 7) is 8.26. The molecule has 0 heterocycles. The average Bonchev–Trinajstić information content (AvgIpc) is 2.80. The largest absolute Gasteiger partial charge is 0.519 e. The molecule has 0 saturated carbocycles. The van der Waals surface area contributed by atoms with Gasteiger partial charge in [0.25, 0.3) is 11.4 Å². The topological polar surface area (TPSA) is 122 Å². The van der Waals surface area contributed by atoms with Crippen molar-refractivity contribution in [3.8, 4) is 11.5 Å². The molecule has 0 aliphatic carbocycles. The normalized spacial score (nSPS) is 12.6. The van der Waals surface area contributed by atoms with Gasteiger partial charge in [0, 0.05) is 23.3 Å². The van der Waals surface area contributed by atoms with Crippen LogP contribution in [0.25, 0.3) is 0 Å². The minimum absolute atomic E-state index is 0.0228. The van der Waals surface area contributed by atoms with E-state index < -0.39 is 16.0 Å². The monoisotopic (exact) mass is 472 g/mol. The highest BCUT2D eigenvalue weighted by molar-refractivity contribution is 5.68. The standard InChI is InChI=1S/C25H32N2O7/c1-5-17(3)7-9-19-15-21(11-13-23(19)26(29)30)33-25(28)34-22-12-14-24(27(31)32)20(16-22)10-8-18(4)6-2/h11-18H,5-10H2,1-4H3. The first-order valence-corrected chi connectivity index (χ1v) is 11.6. The van der Waals surface area contributed by atoms with Crippen molar-refractivity contribution in [2.75, 3.05) is 0 Å². The van der Waals surface area contributed by atoms with Crippen LogP contribution in [-0.2, 0) is 12.8 Å². The molecule has 184 valence electrons. The Labute approximate surface area is 199 Å². The number of hydrogen-bond acceptors (Lipinski definition) is 7. The smallest absolute Gasteiger partial charge is 0.395 e. The first-order chi connectivity index (χ1) is 16.1. The number of nitro benzene ring substituents is 2. The van der Waals surface area contributed by atoms with Crippen molar-refractivity contribution in [2.24, 2.45) is 11.8 Å². The van der Waals surface area contributed by atoms with E-state index in [1.165, 1.54) is 36.4 Å². The Morgan fingerprint density at radius 2 is 1.18 bits per heavy atom. The van der Waals surface area contributed by atoms with Crippen molar-refractivity contribution in [1.82, 2.24) is 0 Å². The van der Waals surface area contributed by atoms with Crippen LogP contribution in [0.15, 0.2) is 36.4 Å². The van der Waals surface area contributed by atoms with Crippen molar-refractivity contribution >= 4 is 17.5 Å². The molecular formula is C25H32N2O7. The van der Waals surface area contributed by atoms with E-state index >= 15 is 0 Å². The van der Waals surface area contributed by atoms with Gasteiger partial charge in [-0.3, -0.25) is 20.2 Å². The van der Waals surface area contributed by atoms with E-state index in [1.54, 1.807) is 0 Å². The van der Waals surface area contributed by atoms with Gasteiger partial charge in [-0.2, -0.15) is 0 Å². The van der Waals surface area contributed by atoms with Crippen LogP contribution in [0.4, 0.5) is 16.2 Å². The lowest BCUT2D eigenvalue weighted by molar-refractivity contribution is -0.385. The predicted octanol–water partition coefficient (Wildman–Crippen LogP) is 7.04. The number of nitro groups is 2. The van der Waals surface area contributed by atoms with Gasteiger partial charge < -0.3 is 9.47 Å². The van der Waals surface area contributed by atoms with E-state index in [1.807, 2.05) is 0 Å². The fraction of sp³-hybridized carbons (Fsp3) is 0.480. The second-order valence-electron chi connectivity index (χ2n) is 8.65. The van der Waals surface area contributed by atoms with Crippen molar-refractivity contribution < 1.29 is 24.1 Å². The Morgan fingerprint density at radius 3 is 1.50 bits per heavy atom. The van der Waals surface area contributed by atoms with Crippen molar-refractivity contribution in [3.05, 3.63) is 67.8 Å². The Balaban J connectivity index is 2.15. The number of ether oxygens (including phenoxy) is 2. The van der Waals surface area contributed by atoms with Crippen LogP contribution >= 0.6 is 0 Å². The average molecular weight is 473 g/mol. The molecule has 2 unspecified atom stereocenters. The maximum Gasteiger partial charge on any atom is 0.519 e. The molecule has 0 saturated heterocycles. The maximum atomic E-state index is 12.4. The van der Waals surface area contributed by atoms with Crippen LogP contribution in [0.3, 0.4) is 0 Å². The van der Waals surface area contributed by atoms with Gasteiger partial charge in [0.15, 0.2) is 0 Å². The summed E-state index contributed by atoms with van der Waals surface area (Å²) in [5.74, 6) is 1.08. The van der Waals surface area contributed by atoms with E-state index in [4.69, 9.17) is 9.47 Å². The van der Waals surface area contributed by atoms with Gasteiger partial charge in [0.1, 0.15) is 11.5 Å². The summed E-state index contributed by atoms with van der Waals surface area (Å²) in [7, 11) is 0. The highest BCUT2D eigenvalue weighted by Crippen LogP contribution is 2.29. The van der Waals surface area contributed by atoms with Gasteiger partial charge in [-0.05, 0) is 61.8 Å². The zero-order chi connectivity index (χ0) is 25.3. The molecule has 0 fully saturated rings. The summed E-state index contributed by atoms with van der Waals surface area (Å²) in [5.41, 5.74) is 0.923. The molecule has 2 rings (SSSR count). The van der Waals surface area contributed by atoms with Gasteiger partial charge in [-0.15, -0.1) is 0 Å². The van der Waals surface area contributed by atoms with E-state index in [0.29, 0.717) is 35.8 Å². The lowest BCUT2D eigenvalue weighted by atomic mass is 9.98. The van der Waals surface area contributed by atoms with Gasteiger partial charge in [0.05, 0.1) is 9.85 Å². The van der Waals surface area contributed by atoms with Crippen LogP contribution in [-0.4, -0.2) is 16.0 Å². The third-order valence-corrected chi connectivity index (χ3v) is 6.10. The SMILES string of the molecule is CCC(C)CCc1cc(OC(=O)Oc2ccc([N+](=O)[O-])c(CCC(C)CC)c2)ccc1[N+](=O)[O-]. The molecule has 0 aliphatic rings. The van der Waals surface area contributed by atoms with Crippen LogP contribution in [0, 0.1) is 32.1 Å². The summed E-state index contributed by atoms with van der Waals surface area (Å²) < 4.78 is 10.5. The molecule has 9 heteroatoms. The summed E-state index contributed by atoms with van der Waals surface area (Å²) in [6.07, 6.45) is 3.42. The lowest BCUT2D eigenvalue weighted by Crippen LogP contribution is -2.14. The van der Waals surface area contributed by atoms with Crippen molar-refractivity contribution in [2.45, 2.75) is 66.2 Å². The molecule has 9 nitrogen and oxygen atoms in total. The molecule has 2 aromatic rings. The summed E-state index contributed by atoms with van der Waals surface area (Å²) in [4.78, 5) is 34.2. The van der Waals surface area contributed by atoms with Gasteiger partial charge in [0.2, 0.25) is 0 Å². The molecule has 0 bridgehead atoms. The number of rotatable bonds is 12. The summed E-state index contributed by atoms with van der Waals surface area (Å²) >= 11 is 0.